The van der Waals surface area contributed by atoms with Gasteiger partial charge < -0.3 is 9.47 Å². The average Bonchev–Trinajstić information content (AvgIpc) is 4.21. The molecule has 6 aromatic heterocycles. The van der Waals surface area contributed by atoms with Crippen LogP contribution in [0.2, 0.25) is 20.1 Å². The van der Waals surface area contributed by atoms with Crippen molar-refractivity contribution in [3.05, 3.63) is 146 Å². The molecule has 18 heteroatoms. The van der Waals surface area contributed by atoms with E-state index >= 15 is 0 Å². The molecule has 72 heavy (non-hydrogen) atoms. The molecule has 0 bridgehead atoms. The van der Waals surface area contributed by atoms with Crippen molar-refractivity contribution in [3.63, 3.8) is 0 Å². The van der Waals surface area contributed by atoms with Gasteiger partial charge in [0.1, 0.15) is 58.1 Å². The third-order valence-corrected chi connectivity index (χ3v) is 21.6. The molecular weight excluding hydrogens is 1100 g/mol. The SMILES string of the molecule is CC1(C)Oc2cc(/C=C3\C(=O)c4cc(Cl)c(Cl)cc4C3=C(C#N)C#N)sc2-c2sc(-c3cc4sc(-c5cc6c(s5)-c5sc(/C=C7\C(=O)c8cc(Cl)c(Cl)cc8C7=C(C#N)C#N)cc5OC6(C)C)cc4s3)cc21. The first kappa shape index (κ1) is 47.0. The van der Waals surface area contributed by atoms with E-state index in [0.29, 0.717) is 22.6 Å². The van der Waals surface area contributed by atoms with E-state index in [1.54, 1.807) is 57.5 Å². The second kappa shape index (κ2) is 16.7. The first-order chi connectivity index (χ1) is 34.4. The van der Waals surface area contributed by atoms with Crippen LogP contribution in [-0.2, 0) is 11.2 Å². The number of ketones is 2. The Bertz CT molecular complexity index is 3880. The lowest BCUT2D eigenvalue weighted by Gasteiger charge is -2.31. The predicted octanol–water partition coefficient (Wildman–Crippen LogP) is 17.9. The average molecular weight is 1130 g/mol. The topological polar surface area (TPSA) is 148 Å². The third kappa shape index (κ3) is 7.17. The Labute approximate surface area is 454 Å². The Kier molecular flexibility index (Phi) is 10.9. The van der Waals surface area contributed by atoms with Crippen LogP contribution in [0.3, 0.4) is 0 Å². The van der Waals surface area contributed by atoms with Crippen molar-refractivity contribution in [1.82, 2.24) is 0 Å². The summed E-state index contributed by atoms with van der Waals surface area (Å²) in [5.74, 6) is 0.676. The summed E-state index contributed by atoms with van der Waals surface area (Å²) in [6.07, 6.45) is 3.43. The summed E-state index contributed by atoms with van der Waals surface area (Å²) in [4.78, 5) is 37.6. The maximum absolute atomic E-state index is 13.8. The van der Waals surface area contributed by atoms with Crippen LogP contribution in [0.5, 0.6) is 11.5 Å². The second-order valence-electron chi connectivity index (χ2n) is 17.9. The van der Waals surface area contributed by atoms with Crippen molar-refractivity contribution in [1.29, 1.82) is 21.0 Å². The Hall–Kier alpha value is -6.08. The molecule has 0 N–H and O–H groups in total. The van der Waals surface area contributed by atoms with Gasteiger partial charge in [-0.3, -0.25) is 9.59 Å². The zero-order valence-corrected chi connectivity index (χ0v) is 45.2. The van der Waals surface area contributed by atoms with Gasteiger partial charge in [0.2, 0.25) is 0 Å². The number of Topliss-reactive ketones (excluding diaryl/α,β-unsaturated/α-hetero) is 2. The number of nitrogens with zero attached hydrogens (tertiary/aromatic N) is 4. The number of thiophene rings is 6. The van der Waals surface area contributed by atoms with Crippen LogP contribution in [0.1, 0.15) is 80.4 Å². The number of ether oxygens (including phenoxy) is 2. The summed E-state index contributed by atoms with van der Waals surface area (Å²) in [5, 5.41) is 40.4. The van der Waals surface area contributed by atoms with Crippen molar-refractivity contribution in [3.8, 4) is 74.8 Å². The lowest BCUT2D eigenvalue weighted by molar-refractivity contribution is 0.103. The molecule has 0 saturated carbocycles. The molecule has 0 amide bonds. The fraction of sp³-hybridized carbons (Fsp3) is 0.111. The van der Waals surface area contributed by atoms with Crippen molar-refractivity contribution in [2.75, 3.05) is 0 Å². The largest absolute Gasteiger partial charge is 0.482 e. The number of carbonyl (C=O) groups excluding carboxylic acids is 2. The van der Waals surface area contributed by atoms with Gasteiger partial charge in [0.25, 0.3) is 0 Å². The molecule has 0 fully saturated rings. The first-order valence-electron chi connectivity index (χ1n) is 21.5. The van der Waals surface area contributed by atoms with E-state index in [4.69, 9.17) is 55.9 Å². The minimum Gasteiger partial charge on any atom is -0.482 e. The number of nitriles is 4. The molecule has 0 unspecified atom stereocenters. The van der Waals surface area contributed by atoms with Crippen LogP contribution in [0.15, 0.2) is 83.0 Å². The standard InChI is InChI=1S/C54H24Cl4N4O4S6/c1-53(2)31-13-39(71-49(31)51-37(65-53)7-23(67-51)5-29-45(21(17-59)18-60)25-9-33(55)35(57)11-27(25)47(29)63)41-15-43-44(69-41)16-42(70-43)40-14-32-50(72-40)52-38(66-54(32,3)4)8-24(68-52)6-30-46(22(19-61)20-62)26-10-34(56)36(58)12-28(26)48(30)64/h5-16H,1-4H3/b29-5-,30-6-. The predicted molar refractivity (Wildman–Crippen MR) is 294 cm³/mol. The monoisotopic (exact) mass is 1120 g/mol. The van der Waals surface area contributed by atoms with E-state index in [1.807, 2.05) is 64.1 Å². The van der Waals surface area contributed by atoms with E-state index in [9.17, 15) is 30.6 Å². The summed E-state index contributed by atoms with van der Waals surface area (Å²) in [6, 6.07) is 26.5. The summed E-state index contributed by atoms with van der Waals surface area (Å²) in [6.45, 7) is 8.17. The fourth-order valence-corrected chi connectivity index (χ4v) is 17.6. The molecule has 0 atom stereocenters. The van der Waals surface area contributed by atoms with E-state index in [2.05, 4.69) is 24.3 Å². The molecule has 0 radical (unpaired) electrons. The molecule has 12 rings (SSSR count). The molecule has 0 spiro atoms. The zero-order valence-electron chi connectivity index (χ0n) is 37.3. The maximum atomic E-state index is 13.8. The Morgan fingerprint density at radius 1 is 0.472 bits per heavy atom. The van der Waals surface area contributed by atoms with Crippen molar-refractivity contribution in [2.24, 2.45) is 0 Å². The van der Waals surface area contributed by atoms with Crippen LogP contribution < -0.4 is 9.47 Å². The molecular formula is C54H24Cl4N4O4S6. The summed E-state index contributed by atoms with van der Waals surface area (Å²) in [5.41, 5.74) is 2.66. The number of allylic oxidation sites excluding steroid dienone is 6. The number of carbonyl (C=O) groups is 2. The first-order valence-corrected chi connectivity index (χ1v) is 27.9. The highest BCUT2D eigenvalue weighted by atomic mass is 35.5. The van der Waals surface area contributed by atoms with Gasteiger partial charge in [-0.2, -0.15) is 21.0 Å². The van der Waals surface area contributed by atoms with Crippen LogP contribution in [-0.4, -0.2) is 11.6 Å². The van der Waals surface area contributed by atoms with E-state index in [0.717, 1.165) is 69.3 Å². The minimum absolute atomic E-state index is 0.193. The van der Waals surface area contributed by atoms with E-state index in [1.165, 1.54) is 46.9 Å². The van der Waals surface area contributed by atoms with Gasteiger partial charge >= 0.3 is 0 Å². The maximum Gasteiger partial charge on any atom is 0.194 e. The van der Waals surface area contributed by atoms with Crippen LogP contribution in [0.25, 0.3) is 71.7 Å². The summed E-state index contributed by atoms with van der Waals surface area (Å²) >= 11 is 35.1. The highest BCUT2D eigenvalue weighted by Crippen LogP contribution is 2.58. The normalized spacial score (nSPS) is 16.5. The Morgan fingerprint density at radius 2 is 0.819 bits per heavy atom. The van der Waals surface area contributed by atoms with Gasteiger partial charge in [0, 0.05) is 83.2 Å². The number of hydrogen-bond acceptors (Lipinski definition) is 14. The highest BCUT2D eigenvalue weighted by molar-refractivity contribution is 7.34. The zero-order chi connectivity index (χ0) is 50.4. The fourth-order valence-electron chi connectivity index (χ4n) is 9.45. The van der Waals surface area contributed by atoms with Crippen molar-refractivity contribution in [2.45, 2.75) is 38.9 Å². The van der Waals surface area contributed by atoms with Gasteiger partial charge in [0.15, 0.2) is 11.6 Å². The van der Waals surface area contributed by atoms with Gasteiger partial charge in [0.05, 0.1) is 39.6 Å². The molecule has 8 nitrogen and oxygen atoms in total. The van der Waals surface area contributed by atoms with Crippen LogP contribution in [0.4, 0.5) is 0 Å². The lowest BCUT2D eigenvalue weighted by Crippen LogP contribution is -2.27. The number of benzene rings is 2. The summed E-state index contributed by atoms with van der Waals surface area (Å²) < 4.78 is 15.6. The molecule has 4 aliphatic rings. The Morgan fingerprint density at radius 3 is 1.18 bits per heavy atom. The number of fused-ring (bicyclic) bond motifs is 9. The van der Waals surface area contributed by atoms with Gasteiger partial charge in [-0.05, 0) is 112 Å². The molecule has 8 aromatic rings. The quantitative estimate of drug-likeness (QED) is 0.125. The van der Waals surface area contributed by atoms with Gasteiger partial charge in [-0.25, -0.2) is 0 Å². The van der Waals surface area contributed by atoms with Gasteiger partial charge in [-0.15, -0.1) is 68.0 Å². The summed E-state index contributed by atoms with van der Waals surface area (Å²) in [7, 11) is 0. The third-order valence-electron chi connectivity index (χ3n) is 12.7. The molecule has 0 saturated heterocycles. The smallest absolute Gasteiger partial charge is 0.194 e. The molecule has 2 aromatic carbocycles. The second-order valence-corrected chi connectivity index (χ2v) is 26.0. The van der Waals surface area contributed by atoms with E-state index < -0.39 is 11.2 Å². The highest BCUT2D eigenvalue weighted by Gasteiger charge is 2.40. The van der Waals surface area contributed by atoms with E-state index in [-0.39, 0.29) is 76.2 Å². The van der Waals surface area contributed by atoms with Crippen molar-refractivity contribution >= 4 is 159 Å². The molecule has 2 aliphatic heterocycles. The van der Waals surface area contributed by atoms with Crippen LogP contribution >= 0.6 is 114 Å². The lowest BCUT2D eigenvalue weighted by atomic mass is 9.95. The number of halogens is 4. The number of rotatable bonds is 4. The van der Waals surface area contributed by atoms with Gasteiger partial charge in [-0.1, -0.05) is 46.4 Å². The molecule has 348 valence electrons. The van der Waals surface area contributed by atoms with Crippen molar-refractivity contribution < 1.29 is 19.1 Å². The Balaban J connectivity index is 0.860. The minimum atomic E-state index is -0.658. The molecule has 2 aliphatic carbocycles. The van der Waals surface area contributed by atoms with Crippen LogP contribution in [0, 0.1) is 45.3 Å². The molecule has 8 heterocycles. The number of hydrogen-bond donors (Lipinski definition) is 0.